The molecule has 0 radical (unpaired) electrons. The average Bonchev–Trinajstić information content (AvgIpc) is 2.86. The quantitative estimate of drug-likeness (QED) is 0.0553. The van der Waals surface area contributed by atoms with Gasteiger partial charge in [-0.05, 0) is 0 Å². The molecule has 38 heavy (non-hydrogen) atoms. The van der Waals surface area contributed by atoms with Gasteiger partial charge in [-0.15, -0.1) is 0 Å². The van der Waals surface area contributed by atoms with Crippen molar-refractivity contribution in [1.29, 1.82) is 0 Å². The first kappa shape index (κ1) is 38.7. The van der Waals surface area contributed by atoms with Crippen molar-refractivity contribution in [3.63, 3.8) is 0 Å². The second-order valence-corrected chi connectivity index (χ2v) is 24.3. The monoisotopic (exact) mass is 575 g/mol. The number of unbranched alkanes of at least 4 members (excludes halogenated alkanes) is 30. The number of halogens is 1. The third-order valence-corrected chi connectivity index (χ3v) is 10.9. The molecule has 0 aliphatic heterocycles. The van der Waals surface area contributed by atoms with Crippen LogP contribution in [0.1, 0.15) is 206 Å². The molecule has 0 aromatic heterocycles. The van der Waals surface area contributed by atoms with Crippen molar-refractivity contribution in [2.75, 3.05) is 26.2 Å². The Bertz CT molecular complexity index is 443. The van der Waals surface area contributed by atoms with Crippen molar-refractivity contribution in [3.05, 3.63) is 0 Å². The summed E-state index contributed by atoms with van der Waals surface area (Å²) in [6.45, 7) is 9.17. The molecule has 0 amide bonds. The Morgan fingerprint density at radius 2 is 0.447 bits per heavy atom. The summed E-state index contributed by atoms with van der Waals surface area (Å²) in [7, 11) is 0. The summed E-state index contributed by atoms with van der Waals surface area (Å²) in [6.07, 6.45) is 46.7. The van der Waals surface area contributed by atoms with E-state index in [1.54, 1.807) is 0 Å². The van der Waals surface area contributed by atoms with E-state index in [1.165, 1.54) is 205 Å². The summed E-state index contributed by atoms with van der Waals surface area (Å²) in [6, 6.07) is 0. The standard InChI is InChI=1S/C36H76ClP/c1-5-6-7-8-9-10-11-12-13-14-15-16-17-18-19-20-21-22-23-24-25-26-27-28-29-30-31-32-33-34-35-36-38(2,3,4)37/h5-36H2,1-4H3. The fraction of sp³-hybridized carbons (Fsp3) is 1.00. The van der Waals surface area contributed by atoms with Gasteiger partial charge in [0.1, 0.15) is 0 Å². The van der Waals surface area contributed by atoms with Crippen LogP contribution in [0.3, 0.4) is 0 Å². The first-order valence-corrected chi connectivity index (χ1v) is 22.7. The van der Waals surface area contributed by atoms with Gasteiger partial charge in [-0.1, -0.05) is 135 Å². The Morgan fingerprint density at radius 1 is 0.289 bits per heavy atom. The fourth-order valence-corrected chi connectivity index (χ4v) is 7.50. The molecule has 0 unspecified atom stereocenters. The van der Waals surface area contributed by atoms with Crippen molar-refractivity contribution in [3.8, 4) is 0 Å². The molecule has 0 saturated heterocycles. The molecule has 0 rings (SSSR count). The first-order valence-electron chi connectivity index (χ1n) is 18.0. The van der Waals surface area contributed by atoms with Crippen molar-refractivity contribution < 1.29 is 0 Å². The number of hydrogen-bond donors (Lipinski definition) is 0. The van der Waals surface area contributed by atoms with Crippen LogP contribution in [-0.4, -0.2) is 26.2 Å². The van der Waals surface area contributed by atoms with E-state index in [9.17, 15) is 0 Å². The van der Waals surface area contributed by atoms with Gasteiger partial charge in [0.25, 0.3) is 0 Å². The molecular weight excluding hydrogens is 499 g/mol. The van der Waals surface area contributed by atoms with Crippen molar-refractivity contribution in [1.82, 2.24) is 0 Å². The van der Waals surface area contributed by atoms with Crippen LogP contribution in [0.5, 0.6) is 0 Å². The molecule has 0 atom stereocenters. The van der Waals surface area contributed by atoms with E-state index in [2.05, 4.69) is 26.9 Å². The van der Waals surface area contributed by atoms with Crippen LogP contribution in [-0.2, 0) is 0 Å². The van der Waals surface area contributed by atoms with Crippen molar-refractivity contribution in [2.24, 2.45) is 0 Å². The summed E-state index contributed by atoms with van der Waals surface area (Å²) in [4.78, 5) is 0. The normalized spacial score (nSPS) is 13.1. The van der Waals surface area contributed by atoms with Crippen LogP contribution in [0, 0.1) is 0 Å². The van der Waals surface area contributed by atoms with Crippen LogP contribution in [0.25, 0.3) is 0 Å². The van der Waals surface area contributed by atoms with E-state index < -0.39 is 5.96 Å². The summed E-state index contributed by atoms with van der Waals surface area (Å²) in [5.41, 5.74) is 0. The zero-order valence-electron chi connectivity index (χ0n) is 27.5. The van der Waals surface area contributed by atoms with Crippen LogP contribution < -0.4 is 0 Å². The van der Waals surface area contributed by atoms with E-state index in [0.29, 0.717) is 0 Å². The number of hydrogen-bond acceptors (Lipinski definition) is 0. The van der Waals surface area contributed by atoms with Gasteiger partial charge in [0.05, 0.1) is 0 Å². The Kier molecular flexibility index (Phi) is 28.4. The Hall–Kier alpha value is 0.720. The minimum absolute atomic E-state index is 1.26. The van der Waals surface area contributed by atoms with Gasteiger partial charge in [0, 0.05) is 0 Å². The van der Waals surface area contributed by atoms with Gasteiger partial charge in [0.2, 0.25) is 0 Å². The minimum atomic E-state index is -1.77. The van der Waals surface area contributed by atoms with Gasteiger partial charge < -0.3 is 0 Å². The molecular formula is C36H76ClP. The molecule has 0 aliphatic carbocycles. The van der Waals surface area contributed by atoms with E-state index in [-0.39, 0.29) is 0 Å². The second-order valence-electron chi connectivity index (χ2n) is 14.2. The topological polar surface area (TPSA) is 0 Å². The summed E-state index contributed by atoms with van der Waals surface area (Å²) < 4.78 is 0. The van der Waals surface area contributed by atoms with E-state index in [1.807, 2.05) is 0 Å². The van der Waals surface area contributed by atoms with Gasteiger partial charge in [-0.3, -0.25) is 0 Å². The zero-order valence-corrected chi connectivity index (χ0v) is 29.1. The molecule has 0 aromatic rings. The van der Waals surface area contributed by atoms with Gasteiger partial charge >= 0.3 is 114 Å². The van der Waals surface area contributed by atoms with Gasteiger partial charge in [-0.25, -0.2) is 0 Å². The molecule has 0 heterocycles. The van der Waals surface area contributed by atoms with Crippen LogP contribution in [0.4, 0.5) is 0 Å². The summed E-state index contributed by atoms with van der Waals surface area (Å²) in [5.74, 6) is -1.77. The Balaban J connectivity index is 3.07. The van der Waals surface area contributed by atoms with Crippen molar-refractivity contribution in [2.45, 2.75) is 206 Å². The van der Waals surface area contributed by atoms with Crippen LogP contribution in [0.2, 0.25) is 0 Å². The molecule has 0 bridgehead atoms. The SMILES string of the molecule is CCCCCCCCCCCCCCCCCCCCCCCCCCCCCCCCCP(C)(C)(C)Cl. The molecule has 2 heteroatoms. The predicted molar refractivity (Wildman–Crippen MR) is 184 cm³/mol. The third-order valence-electron chi connectivity index (χ3n) is 8.52. The molecule has 0 fully saturated rings. The maximum absolute atomic E-state index is 6.64. The molecule has 0 spiro atoms. The van der Waals surface area contributed by atoms with Crippen molar-refractivity contribution >= 4 is 17.2 Å². The van der Waals surface area contributed by atoms with Crippen LogP contribution in [0.15, 0.2) is 0 Å². The third kappa shape index (κ3) is 36.7. The maximum atomic E-state index is 6.64. The van der Waals surface area contributed by atoms with E-state index in [4.69, 9.17) is 11.2 Å². The molecule has 0 aromatic carbocycles. The van der Waals surface area contributed by atoms with Gasteiger partial charge in [0.15, 0.2) is 0 Å². The molecule has 0 nitrogen and oxygen atoms in total. The molecule has 0 N–H and O–H groups in total. The molecule has 0 saturated carbocycles. The van der Waals surface area contributed by atoms with E-state index >= 15 is 0 Å². The Labute approximate surface area is 248 Å². The summed E-state index contributed by atoms with van der Waals surface area (Å²) in [5, 5.41) is 0. The Morgan fingerprint density at radius 3 is 0.605 bits per heavy atom. The zero-order chi connectivity index (χ0) is 28.1. The summed E-state index contributed by atoms with van der Waals surface area (Å²) >= 11 is 6.64. The van der Waals surface area contributed by atoms with Gasteiger partial charge in [-0.2, -0.15) is 0 Å². The van der Waals surface area contributed by atoms with Crippen LogP contribution >= 0.6 is 17.2 Å². The van der Waals surface area contributed by atoms with E-state index in [0.717, 1.165) is 0 Å². The average molecular weight is 575 g/mol. The number of rotatable bonds is 32. The fourth-order valence-electron chi connectivity index (χ4n) is 5.85. The predicted octanol–water partition coefficient (Wildman–Crippen LogP) is 14.7. The molecule has 232 valence electrons. The first-order chi connectivity index (χ1) is 18.3. The molecule has 0 aliphatic rings. The second kappa shape index (κ2) is 27.9.